The Labute approximate surface area is 195 Å². The molecule has 0 saturated carbocycles. The van der Waals surface area contributed by atoms with E-state index in [1.807, 2.05) is 4.90 Å². The number of imidazole rings is 1. The van der Waals surface area contributed by atoms with Crippen LogP contribution in [0.25, 0.3) is 11.2 Å². The number of carbonyl (C=O) groups excluding carboxylic acids is 1. The van der Waals surface area contributed by atoms with Crippen LogP contribution in [0, 0.1) is 5.92 Å². The van der Waals surface area contributed by atoms with Gasteiger partial charge in [0.05, 0.1) is 6.33 Å². The first-order valence-electron chi connectivity index (χ1n) is 11.7. The van der Waals surface area contributed by atoms with E-state index in [0.717, 1.165) is 49.3 Å². The number of aromatic nitrogens is 6. The number of hydrogen-bond donors (Lipinski definition) is 0. The number of nitrogens with zero attached hydrogens (tertiary/aromatic N) is 7. The van der Waals surface area contributed by atoms with Gasteiger partial charge >= 0.3 is 5.69 Å². The molecule has 0 unspecified atom stereocenters. The molecule has 2 fully saturated rings. The Morgan fingerprint density at radius 1 is 1.09 bits per heavy atom. The summed E-state index contributed by atoms with van der Waals surface area (Å²) >= 11 is 0. The van der Waals surface area contributed by atoms with Gasteiger partial charge in [-0.05, 0) is 31.6 Å². The fourth-order valence-electron chi connectivity index (χ4n) is 4.87. The van der Waals surface area contributed by atoms with Gasteiger partial charge in [-0.25, -0.2) is 9.78 Å². The van der Waals surface area contributed by atoms with E-state index in [1.165, 1.54) is 22.5 Å². The predicted octanol–water partition coefficient (Wildman–Crippen LogP) is 0.192. The lowest BCUT2D eigenvalue weighted by molar-refractivity contribution is -0.133. The molecule has 0 atom stereocenters. The van der Waals surface area contributed by atoms with Gasteiger partial charge in [0.15, 0.2) is 17.0 Å². The van der Waals surface area contributed by atoms with Crippen LogP contribution >= 0.6 is 0 Å². The Morgan fingerprint density at radius 2 is 1.82 bits per heavy atom. The number of aryl methyl sites for hydroxylation is 1. The van der Waals surface area contributed by atoms with E-state index in [9.17, 15) is 14.4 Å². The zero-order valence-corrected chi connectivity index (χ0v) is 19.5. The first-order chi connectivity index (χ1) is 16.4. The summed E-state index contributed by atoms with van der Waals surface area (Å²) in [6.45, 7) is 2.75. The molecule has 2 aliphatic rings. The molecular formula is C22H29N7O5. The molecule has 0 radical (unpaired) electrons. The number of amides is 1. The number of rotatable bonds is 5. The molecule has 5 heterocycles. The maximum atomic E-state index is 12.9. The van der Waals surface area contributed by atoms with E-state index in [0.29, 0.717) is 37.2 Å². The molecule has 34 heavy (non-hydrogen) atoms. The Bertz CT molecular complexity index is 1310. The molecule has 12 nitrogen and oxygen atoms in total. The van der Waals surface area contributed by atoms with Gasteiger partial charge in [0.25, 0.3) is 5.56 Å². The molecule has 2 saturated heterocycles. The highest BCUT2D eigenvalue weighted by atomic mass is 16.5. The summed E-state index contributed by atoms with van der Waals surface area (Å²) in [5, 5.41) is 4.18. The van der Waals surface area contributed by atoms with Gasteiger partial charge in [-0.2, -0.15) is 4.98 Å². The van der Waals surface area contributed by atoms with Crippen LogP contribution in [0.15, 0.2) is 20.4 Å². The van der Waals surface area contributed by atoms with E-state index in [2.05, 4.69) is 15.1 Å². The number of carbonyl (C=O) groups is 1. The van der Waals surface area contributed by atoms with Crippen LogP contribution in [-0.4, -0.2) is 65.9 Å². The zero-order chi connectivity index (χ0) is 23.8. The predicted molar refractivity (Wildman–Crippen MR) is 120 cm³/mol. The lowest BCUT2D eigenvalue weighted by atomic mass is 9.93. The van der Waals surface area contributed by atoms with Crippen molar-refractivity contribution in [2.75, 3.05) is 26.3 Å². The standard InChI is InChI=1S/C22H29N7O5/c1-26-20-18(21(31)27(2)22(26)32)29(13-23-20)12-17(30)28-7-3-14(4-8-28)11-16-24-19(25-34-16)15-5-9-33-10-6-15/h13-15H,3-12H2,1-2H3. The van der Waals surface area contributed by atoms with Crippen molar-refractivity contribution in [3.8, 4) is 0 Å². The average Bonchev–Trinajstić information content (AvgIpc) is 3.50. The van der Waals surface area contributed by atoms with Gasteiger partial charge in [-0.15, -0.1) is 0 Å². The third kappa shape index (κ3) is 4.17. The van der Waals surface area contributed by atoms with Crippen molar-refractivity contribution in [1.82, 2.24) is 33.7 Å². The van der Waals surface area contributed by atoms with Gasteiger partial charge in [-0.3, -0.25) is 18.7 Å². The first-order valence-corrected chi connectivity index (χ1v) is 11.7. The average molecular weight is 472 g/mol. The number of likely N-dealkylation sites (tertiary alicyclic amines) is 1. The van der Waals surface area contributed by atoms with Crippen molar-refractivity contribution in [2.24, 2.45) is 20.0 Å². The molecule has 0 aromatic carbocycles. The summed E-state index contributed by atoms with van der Waals surface area (Å²) in [6.07, 6.45) is 5.71. The van der Waals surface area contributed by atoms with Crippen LogP contribution in [0.4, 0.5) is 0 Å². The van der Waals surface area contributed by atoms with Crippen molar-refractivity contribution in [1.29, 1.82) is 0 Å². The van der Waals surface area contributed by atoms with Crippen LogP contribution in [0.2, 0.25) is 0 Å². The topological polar surface area (TPSA) is 130 Å². The molecular weight excluding hydrogens is 442 g/mol. The van der Waals surface area contributed by atoms with Gasteiger partial charge in [0.1, 0.15) is 6.54 Å². The highest BCUT2D eigenvalue weighted by Gasteiger charge is 2.27. The molecule has 2 aliphatic heterocycles. The van der Waals surface area contributed by atoms with Crippen LogP contribution in [0.5, 0.6) is 0 Å². The number of ether oxygens (including phenoxy) is 1. The van der Waals surface area contributed by atoms with E-state index in [1.54, 1.807) is 7.05 Å². The third-order valence-electron chi connectivity index (χ3n) is 7.02. The van der Waals surface area contributed by atoms with E-state index in [4.69, 9.17) is 9.26 Å². The van der Waals surface area contributed by atoms with Crippen LogP contribution in [0.3, 0.4) is 0 Å². The highest BCUT2D eigenvalue weighted by molar-refractivity contribution is 5.79. The normalized spacial score (nSPS) is 18.1. The lowest BCUT2D eigenvalue weighted by Crippen LogP contribution is -2.41. The fourth-order valence-corrected chi connectivity index (χ4v) is 4.87. The van der Waals surface area contributed by atoms with Crippen LogP contribution in [-0.2, 0) is 36.6 Å². The summed E-state index contributed by atoms with van der Waals surface area (Å²) in [6, 6.07) is 0. The maximum Gasteiger partial charge on any atom is 0.332 e. The SMILES string of the molecule is Cn1c(=O)c2c(ncn2CC(=O)N2CCC(Cc3nc(C4CCOCC4)no3)CC2)n(C)c1=O. The van der Waals surface area contributed by atoms with Crippen molar-refractivity contribution >= 4 is 17.1 Å². The second-order valence-electron chi connectivity index (χ2n) is 9.21. The Morgan fingerprint density at radius 3 is 2.56 bits per heavy atom. The van der Waals surface area contributed by atoms with Crippen molar-refractivity contribution in [3.05, 3.63) is 38.9 Å². The minimum atomic E-state index is -0.457. The summed E-state index contributed by atoms with van der Waals surface area (Å²) in [5.41, 5.74) is -0.372. The van der Waals surface area contributed by atoms with Gasteiger partial charge in [0.2, 0.25) is 11.8 Å². The Kier molecular flexibility index (Phi) is 6.07. The van der Waals surface area contributed by atoms with Crippen molar-refractivity contribution in [2.45, 2.75) is 44.6 Å². The molecule has 0 spiro atoms. The number of piperidine rings is 1. The second kappa shape index (κ2) is 9.16. The molecule has 182 valence electrons. The third-order valence-corrected chi connectivity index (χ3v) is 7.02. The molecule has 0 aliphatic carbocycles. The molecule has 5 rings (SSSR count). The highest BCUT2D eigenvalue weighted by Crippen LogP contribution is 2.26. The smallest absolute Gasteiger partial charge is 0.332 e. The summed E-state index contributed by atoms with van der Waals surface area (Å²) in [5.74, 6) is 2.06. The first kappa shape index (κ1) is 22.5. The van der Waals surface area contributed by atoms with Crippen LogP contribution < -0.4 is 11.2 Å². The molecule has 1 amide bonds. The zero-order valence-electron chi connectivity index (χ0n) is 19.5. The Hall–Kier alpha value is -3.28. The maximum absolute atomic E-state index is 12.9. The lowest BCUT2D eigenvalue weighted by Gasteiger charge is -2.31. The summed E-state index contributed by atoms with van der Waals surface area (Å²) in [4.78, 5) is 48.3. The van der Waals surface area contributed by atoms with E-state index < -0.39 is 11.2 Å². The number of hydrogen-bond acceptors (Lipinski definition) is 8. The van der Waals surface area contributed by atoms with Gasteiger partial charge in [0, 0.05) is 52.7 Å². The minimum absolute atomic E-state index is 0.00668. The quantitative estimate of drug-likeness (QED) is 0.516. The fraction of sp³-hybridized carbons (Fsp3) is 0.636. The summed E-state index contributed by atoms with van der Waals surface area (Å²) in [7, 11) is 2.98. The van der Waals surface area contributed by atoms with Crippen molar-refractivity contribution < 1.29 is 14.1 Å². The molecule has 0 N–H and O–H groups in total. The van der Waals surface area contributed by atoms with E-state index in [-0.39, 0.29) is 23.6 Å². The number of fused-ring (bicyclic) bond motifs is 1. The molecule has 3 aromatic rings. The largest absolute Gasteiger partial charge is 0.381 e. The second-order valence-corrected chi connectivity index (χ2v) is 9.21. The van der Waals surface area contributed by atoms with Crippen LogP contribution in [0.1, 0.15) is 43.3 Å². The molecule has 12 heteroatoms. The summed E-state index contributed by atoms with van der Waals surface area (Å²) < 4.78 is 14.8. The molecule has 0 bridgehead atoms. The Balaban J connectivity index is 1.19. The van der Waals surface area contributed by atoms with Gasteiger partial charge < -0.3 is 18.7 Å². The van der Waals surface area contributed by atoms with Gasteiger partial charge in [-0.1, -0.05) is 5.16 Å². The monoisotopic (exact) mass is 471 g/mol. The minimum Gasteiger partial charge on any atom is -0.381 e. The molecule has 3 aromatic heterocycles. The van der Waals surface area contributed by atoms with Crippen molar-refractivity contribution in [3.63, 3.8) is 0 Å². The van der Waals surface area contributed by atoms with E-state index >= 15 is 0 Å².